The molecule has 1 aliphatic rings. The van der Waals surface area contributed by atoms with Crippen LogP contribution >= 0.6 is 0 Å². The van der Waals surface area contributed by atoms with Gasteiger partial charge in [-0.05, 0) is 50.2 Å². The van der Waals surface area contributed by atoms with Crippen LogP contribution in [0.5, 0.6) is 0 Å². The Bertz CT molecular complexity index is 801. The summed E-state index contributed by atoms with van der Waals surface area (Å²) in [7, 11) is 0. The molecule has 6 nitrogen and oxygen atoms in total. The predicted molar refractivity (Wildman–Crippen MR) is 99.2 cm³/mol. The minimum atomic E-state index is -0.454. The molecule has 0 radical (unpaired) electrons. The summed E-state index contributed by atoms with van der Waals surface area (Å²) >= 11 is 0. The first-order chi connectivity index (χ1) is 12.9. The van der Waals surface area contributed by atoms with Crippen LogP contribution in [0.2, 0.25) is 0 Å². The number of rotatable bonds is 6. The van der Waals surface area contributed by atoms with Gasteiger partial charge < -0.3 is 15.1 Å². The normalized spacial score (nSPS) is 17.8. The van der Waals surface area contributed by atoms with Gasteiger partial charge in [0.1, 0.15) is 17.3 Å². The summed E-state index contributed by atoms with van der Waals surface area (Å²) in [6.07, 6.45) is 0.107. The number of nitrogens with zero attached hydrogens (tertiary/aromatic N) is 1. The Hall–Kier alpha value is -2.67. The zero-order chi connectivity index (χ0) is 19.4. The second kappa shape index (κ2) is 8.35. The molecule has 1 aromatic heterocycles. The van der Waals surface area contributed by atoms with E-state index in [1.54, 1.807) is 24.3 Å². The molecule has 2 aromatic rings. The van der Waals surface area contributed by atoms with E-state index in [2.05, 4.69) is 10.6 Å². The van der Waals surface area contributed by atoms with Gasteiger partial charge in [0.15, 0.2) is 0 Å². The number of hydrogen-bond acceptors (Lipinski definition) is 4. The van der Waals surface area contributed by atoms with E-state index in [9.17, 15) is 14.0 Å². The second-order valence-electron chi connectivity index (χ2n) is 6.89. The Labute approximate surface area is 157 Å². The Kier molecular flexibility index (Phi) is 5.91. The van der Waals surface area contributed by atoms with Crippen molar-refractivity contribution in [3.05, 3.63) is 48.0 Å². The average Bonchev–Trinajstić information content (AvgIpc) is 3.11. The van der Waals surface area contributed by atoms with Crippen molar-refractivity contribution >= 4 is 11.8 Å². The zero-order valence-corrected chi connectivity index (χ0v) is 15.5. The van der Waals surface area contributed by atoms with E-state index in [0.717, 1.165) is 12.1 Å². The number of benzene rings is 1. The van der Waals surface area contributed by atoms with Gasteiger partial charge in [0.05, 0.1) is 19.0 Å². The molecule has 0 bridgehead atoms. The summed E-state index contributed by atoms with van der Waals surface area (Å²) in [4.78, 5) is 26.5. The molecule has 1 saturated heterocycles. The topological polar surface area (TPSA) is 74.6 Å². The maximum atomic E-state index is 13.0. The highest BCUT2D eigenvalue weighted by Gasteiger charge is 2.32. The van der Waals surface area contributed by atoms with Crippen molar-refractivity contribution in [3.8, 4) is 11.3 Å². The summed E-state index contributed by atoms with van der Waals surface area (Å²) in [5.41, 5.74) is 0.764. The summed E-state index contributed by atoms with van der Waals surface area (Å²) in [6, 6.07) is 9.31. The first-order valence-electron chi connectivity index (χ1n) is 9.09. The molecular formula is C20H24FN3O3. The lowest BCUT2D eigenvalue weighted by molar-refractivity contribution is -0.134. The second-order valence-corrected chi connectivity index (χ2v) is 6.89. The highest BCUT2D eigenvalue weighted by atomic mass is 19.1. The van der Waals surface area contributed by atoms with Gasteiger partial charge in [-0.15, -0.1) is 0 Å². The number of carbonyl (C=O) groups excluding carboxylic acids is 2. The number of amides is 2. The third kappa shape index (κ3) is 4.74. The zero-order valence-electron chi connectivity index (χ0n) is 15.5. The maximum absolute atomic E-state index is 13.0. The van der Waals surface area contributed by atoms with Gasteiger partial charge in [0.25, 0.3) is 0 Å². The van der Waals surface area contributed by atoms with Crippen LogP contribution in [0, 0.1) is 5.82 Å². The fourth-order valence-corrected chi connectivity index (χ4v) is 3.24. The van der Waals surface area contributed by atoms with Crippen molar-refractivity contribution in [3.63, 3.8) is 0 Å². The Morgan fingerprint density at radius 2 is 2.04 bits per heavy atom. The van der Waals surface area contributed by atoms with Crippen LogP contribution in [0.4, 0.5) is 4.39 Å². The number of nitrogens with one attached hydrogen (secondary N) is 2. The molecule has 0 unspecified atom stereocenters. The van der Waals surface area contributed by atoms with Gasteiger partial charge in [-0.3, -0.25) is 14.5 Å². The summed E-state index contributed by atoms with van der Waals surface area (Å²) in [5.74, 6) is 0.581. The van der Waals surface area contributed by atoms with Crippen LogP contribution in [0.3, 0.4) is 0 Å². The van der Waals surface area contributed by atoms with Crippen LogP contribution in [-0.4, -0.2) is 41.9 Å². The molecule has 0 spiro atoms. The monoisotopic (exact) mass is 373 g/mol. The van der Waals surface area contributed by atoms with Crippen molar-refractivity contribution < 1.29 is 18.4 Å². The Balaban J connectivity index is 1.56. The predicted octanol–water partition coefficient (Wildman–Crippen LogP) is 2.30. The molecule has 7 heteroatoms. The van der Waals surface area contributed by atoms with Crippen LogP contribution < -0.4 is 10.6 Å². The first kappa shape index (κ1) is 19.1. The number of piperazine rings is 1. The quantitative estimate of drug-likeness (QED) is 0.815. The molecule has 1 aromatic carbocycles. The van der Waals surface area contributed by atoms with Crippen molar-refractivity contribution in [2.45, 2.75) is 38.9 Å². The molecule has 0 aliphatic carbocycles. The molecule has 27 heavy (non-hydrogen) atoms. The maximum Gasteiger partial charge on any atom is 0.237 e. The molecule has 1 aliphatic heterocycles. The number of carbonyl (C=O) groups is 2. The molecular weight excluding hydrogens is 349 g/mol. The van der Waals surface area contributed by atoms with Crippen LogP contribution in [0.1, 0.15) is 26.0 Å². The van der Waals surface area contributed by atoms with Crippen LogP contribution in [0.15, 0.2) is 40.8 Å². The molecule has 2 amide bonds. The smallest absolute Gasteiger partial charge is 0.237 e. The van der Waals surface area contributed by atoms with Gasteiger partial charge in [0.2, 0.25) is 11.8 Å². The standard InChI is InChI=1S/C20H24FN3O3/c1-13(2)24-10-9-22-20(26)17(24)11-19(25)23-12-16-7-8-18(27-16)14-3-5-15(21)6-4-14/h3-8,13,17H,9-12H2,1-2H3,(H,22,26)(H,23,25)/t17-/m1/s1. The molecule has 144 valence electrons. The summed E-state index contributed by atoms with van der Waals surface area (Å²) in [6.45, 7) is 5.61. The fraction of sp³-hybridized carbons (Fsp3) is 0.400. The highest BCUT2D eigenvalue weighted by molar-refractivity contribution is 5.88. The number of halogens is 1. The van der Waals surface area contributed by atoms with Gasteiger partial charge in [-0.25, -0.2) is 4.39 Å². The van der Waals surface area contributed by atoms with Crippen molar-refractivity contribution in [1.82, 2.24) is 15.5 Å². The number of furan rings is 1. The Morgan fingerprint density at radius 3 is 2.74 bits per heavy atom. The van der Waals surface area contributed by atoms with Crippen molar-refractivity contribution in [2.75, 3.05) is 13.1 Å². The highest BCUT2D eigenvalue weighted by Crippen LogP contribution is 2.22. The minimum absolute atomic E-state index is 0.107. The van der Waals surface area contributed by atoms with E-state index in [-0.39, 0.29) is 36.6 Å². The van der Waals surface area contributed by atoms with Crippen LogP contribution in [-0.2, 0) is 16.1 Å². The van der Waals surface area contributed by atoms with Gasteiger partial charge in [-0.2, -0.15) is 0 Å². The first-order valence-corrected chi connectivity index (χ1v) is 9.09. The molecule has 1 atom stereocenters. The average molecular weight is 373 g/mol. The molecule has 3 rings (SSSR count). The molecule has 0 saturated carbocycles. The summed E-state index contributed by atoms with van der Waals surface area (Å²) < 4.78 is 18.7. The van der Waals surface area contributed by atoms with E-state index < -0.39 is 6.04 Å². The lowest BCUT2D eigenvalue weighted by Crippen LogP contribution is -2.58. The van der Waals surface area contributed by atoms with E-state index >= 15 is 0 Å². The van der Waals surface area contributed by atoms with Gasteiger partial charge in [-0.1, -0.05) is 0 Å². The third-order valence-electron chi connectivity index (χ3n) is 4.66. The molecule has 2 N–H and O–H groups in total. The van der Waals surface area contributed by atoms with Crippen molar-refractivity contribution in [2.24, 2.45) is 0 Å². The van der Waals surface area contributed by atoms with Crippen molar-refractivity contribution in [1.29, 1.82) is 0 Å². The summed E-state index contributed by atoms with van der Waals surface area (Å²) in [5, 5.41) is 5.62. The van der Waals surface area contributed by atoms with Crippen LogP contribution in [0.25, 0.3) is 11.3 Å². The Morgan fingerprint density at radius 1 is 1.30 bits per heavy atom. The van der Waals surface area contributed by atoms with E-state index in [1.165, 1.54) is 12.1 Å². The van der Waals surface area contributed by atoms with E-state index in [1.807, 2.05) is 18.7 Å². The van der Waals surface area contributed by atoms with E-state index in [4.69, 9.17) is 4.42 Å². The molecule has 2 heterocycles. The number of hydrogen-bond donors (Lipinski definition) is 2. The minimum Gasteiger partial charge on any atom is -0.459 e. The molecule has 1 fully saturated rings. The fourth-order valence-electron chi connectivity index (χ4n) is 3.24. The van der Waals surface area contributed by atoms with E-state index in [0.29, 0.717) is 18.1 Å². The lowest BCUT2D eigenvalue weighted by Gasteiger charge is -2.37. The largest absolute Gasteiger partial charge is 0.459 e. The SMILES string of the molecule is CC(C)N1CCNC(=O)[C@H]1CC(=O)NCc1ccc(-c2ccc(F)cc2)o1. The van der Waals surface area contributed by atoms with Gasteiger partial charge >= 0.3 is 0 Å². The van der Waals surface area contributed by atoms with Gasteiger partial charge in [0, 0.05) is 24.7 Å². The lowest BCUT2D eigenvalue weighted by atomic mass is 10.1. The third-order valence-corrected chi connectivity index (χ3v) is 4.66.